The summed E-state index contributed by atoms with van der Waals surface area (Å²) in [6.07, 6.45) is 4.08. The second-order valence-corrected chi connectivity index (χ2v) is 6.92. The molecule has 1 fully saturated rings. The summed E-state index contributed by atoms with van der Waals surface area (Å²) in [5.74, 6) is -0.246. The number of nitrogens with zero attached hydrogens (tertiary/aromatic N) is 3. The number of rotatable bonds is 4. The average Bonchev–Trinajstić information content (AvgIpc) is 3.32. The maximum absolute atomic E-state index is 13.1. The van der Waals surface area contributed by atoms with Crippen molar-refractivity contribution >= 4 is 5.91 Å². The van der Waals surface area contributed by atoms with Crippen LogP contribution in [-0.4, -0.2) is 32.5 Å². The van der Waals surface area contributed by atoms with E-state index in [-0.39, 0.29) is 17.8 Å². The first-order valence-corrected chi connectivity index (χ1v) is 9.13. The zero-order valence-corrected chi connectivity index (χ0v) is 15.2. The molecule has 1 atom stereocenters. The SMILES string of the molecule is Cc1[nH]ncc1C(=O)N1CCCC1c1cccc(Cc2ccc(F)cc2)n1. The third-order valence-electron chi connectivity index (χ3n) is 5.04. The summed E-state index contributed by atoms with van der Waals surface area (Å²) in [5, 5.41) is 6.79. The van der Waals surface area contributed by atoms with E-state index in [0.717, 1.165) is 42.0 Å². The number of benzene rings is 1. The molecule has 2 aromatic heterocycles. The van der Waals surface area contributed by atoms with Crippen LogP contribution in [0.2, 0.25) is 0 Å². The van der Waals surface area contributed by atoms with Crippen molar-refractivity contribution < 1.29 is 9.18 Å². The Labute approximate surface area is 157 Å². The Morgan fingerprint density at radius 3 is 2.81 bits per heavy atom. The molecule has 1 N–H and O–H groups in total. The van der Waals surface area contributed by atoms with Gasteiger partial charge in [-0.2, -0.15) is 5.10 Å². The summed E-state index contributed by atoms with van der Waals surface area (Å²) < 4.78 is 13.1. The molecule has 0 saturated carbocycles. The second kappa shape index (κ2) is 7.31. The molecule has 0 spiro atoms. The summed E-state index contributed by atoms with van der Waals surface area (Å²) >= 11 is 0. The molecule has 0 aliphatic carbocycles. The van der Waals surface area contributed by atoms with E-state index in [4.69, 9.17) is 4.98 Å². The Hall–Kier alpha value is -3.02. The largest absolute Gasteiger partial charge is 0.330 e. The molecule has 27 heavy (non-hydrogen) atoms. The summed E-state index contributed by atoms with van der Waals surface area (Å²) in [5.41, 5.74) is 4.22. The first-order chi connectivity index (χ1) is 13.1. The first-order valence-electron chi connectivity index (χ1n) is 9.13. The highest BCUT2D eigenvalue weighted by Gasteiger charge is 2.32. The molecule has 4 rings (SSSR count). The Balaban J connectivity index is 1.56. The lowest BCUT2D eigenvalue weighted by Crippen LogP contribution is -2.31. The summed E-state index contributed by atoms with van der Waals surface area (Å²) in [6, 6.07) is 12.4. The third-order valence-corrected chi connectivity index (χ3v) is 5.04. The predicted molar refractivity (Wildman–Crippen MR) is 99.8 cm³/mol. The van der Waals surface area contributed by atoms with E-state index in [2.05, 4.69) is 10.2 Å². The Morgan fingerprint density at radius 2 is 2.07 bits per heavy atom. The fourth-order valence-corrected chi connectivity index (χ4v) is 3.63. The molecule has 3 aromatic rings. The molecular weight excluding hydrogens is 343 g/mol. The van der Waals surface area contributed by atoms with Gasteiger partial charge >= 0.3 is 0 Å². The van der Waals surface area contributed by atoms with Gasteiger partial charge in [-0.05, 0) is 49.6 Å². The van der Waals surface area contributed by atoms with Crippen LogP contribution in [0, 0.1) is 12.7 Å². The Kier molecular flexibility index (Phi) is 4.71. The summed E-state index contributed by atoms with van der Waals surface area (Å²) in [6.45, 7) is 2.57. The third kappa shape index (κ3) is 3.60. The zero-order chi connectivity index (χ0) is 18.8. The summed E-state index contributed by atoms with van der Waals surface area (Å²) in [7, 11) is 0. The molecule has 1 amide bonds. The lowest BCUT2D eigenvalue weighted by atomic mass is 10.1. The number of pyridine rings is 1. The molecule has 5 nitrogen and oxygen atoms in total. The zero-order valence-electron chi connectivity index (χ0n) is 15.2. The van der Waals surface area contributed by atoms with Crippen molar-refractivity contribution in [2.24, 2.45) is 0 Å². The maximum atomic E-state index is 13.1. The van der Waals surface area contributed by atoms with E-state index in [1.54, 1.807) is 18.3 Å². The number of aromatic amines is 1. The van der Waals surface area contributed by atoms with E-state index >= 15 is 0 Å². The van der Waals surface area contributed by atoms with Gasteiger partial charge < -0.3 is 4.90 Å². The minimum absolute atomic E-state index is 0.00510. The fourth-order valence-electron chi connectivity index (χ4n) is 3.63. The summed E-state index contributed by atoms with van der Waals surface area (Å²) in [4.78, 5) is 19.6. The van der Waals surface area contributed by atoms with Crippen molar-refractivity contribution in [3.05, 3.63) is 82.7 Å². The van der Waals surface area contributed by atoms with Crippen LogP contribution in [0.3, 0.4) is 0 Å². The first kappa shape index (κ1) is 17.4. The van der Waals surface area contributed by atoms with Crippen LogP contribution in [0.1, 0.15) is 51.9 Å². The highest BCUT2D eigenvalue weighted by molar-refractivity contribution is 5.95. The fraction of sp³-hybridized carbons (Fsp3) is 0.286. The number of aromatic nitrogens is 3. The molecule has 0 bridgehead atoms. The highest BCUT2D eigenvalue weighted by atomic mass is 19.1. The van der Waals surface area contributed by atoms with Crippen molar-refractivity contribution in [2.75, 3.05) is 6.54 Å². The normalized spacial score (nSPS) is 16.7. The molecule has 1 aliphatic heterocycles. The number of hydrogen-bond donors (Lipinski definition) is 1. The minimum atomic E-state index is -0.241. The molecule has 0 radical (unpaired) electrons. The van der Waals surface area contributed by atoms with Gasteiger partial charge in [0.15, 0.2) is 0 Å². The van der Waals surface area contributed by atoms with E-state index in [1.807, 2.05) is 30.0 Å². The molecule has 1 aromatic carbocycles. The van der Waals surface area contributed by atoms with E-state index in [0.29, 0.717) is 12.0 Å². The molecule has 6 heteroatoms. The van der Waals surface area contributed by atoms with Crippen LogP contribution in [-0.2, 0) is 6.42 Å². The number of carbonyl (C=O) groups is 1. The van der Waals surface area contributed by atoms with Gasteiger partial charge in [0, 0.05) is 24.4 Å². The van der Waals surface area contributed by atoms with Crippen LogP contribution < -0.4 is 0 Å². The predicted octanol–water partition coefficient (Wildman–Crippen LogP) is 3.82. The van der Waals surface area contributed by atoms with Crippen LogP contribution in [0.25, 0.3) is 0 Å². The van der Waals surface area contributed by atoms with Gasteiger partial charge in [0.25, 0.3) is 5.91 Å². The maximum Gasteiger partial charge on any atom is 0.257 e. The van der Waals surface area contributed by atoms with Gasteiger partial charge in [-0.3, -0.25) is 14.9 Å². The number of aryl methyl sites for hydroxylation is 1. The topological polar surface area (TPSA) is 61.9 Å². The van der Waals surface area contributed by atoms with E-state index in [9.17, 15) is 9.18 Å². The molecule has 138 valence electrons. The average molecular weight is 364 g/mol. The number of likely N-dealkylation sites (tertiary alicyclic amines) is 1. The lowest BCUT2D eigenvalue weighted by molar-refractivity contribution is 0.0732. The second-order valence-electron chi connectivity index (χ2n) is 6.92. The molecule has 1 aliphatic rings. The van der Waals surface area contributed by atoms with Gasteiger partial charge in [0.05, 0.1) is 23.5 Å². The Morgan fingerprint density at radius 1 is 1.26 bits per heavy atom. The van der Waals surface area contributed by atoms with Crippen molar-refractivity contribution in [3.63, 3.8) is 0 Å². The van der Waals surface area contributed by atoms with Gasteiger partial charge in [-0.1, -0.05) is 18.2 Å². The number of nitrogens with one attached hydrogen (secondary N) is 1. The van der Waals surface area contributed by atoms with Gasteiger partial charge in [0.1, 0.15) is 5.82 Å². The lowest BCUT2D eigenvalue weighted by Gasteiger charge is -2.24. The molecular formula is C21H21FN4O. The van der Waals surface area contributed by atoms with Crippen LogP contribution >= 0.6 is 0 Å². The van der Waals surface area contributed by atoms with Gasteiger partial charge in [-0.25, -0.2) is 4.39 Å². The van der Waals surface area contributed by atoms with E-state index < -0.39 is 0 Å². The van der Waals surface area contributed by atoms with Crippen molar-refractivity contribution in [1.82, 2.24) is 20.1 Å². The Bertz CT molecular complexity index is 951. The standard InChI is InChI=1S/C21H21FN4O/c1-14-18(13-23-25-14)21(27)26-11-3-6-20(26)19-5-2-4-17(24-19)12-15-7-9-16(22)10-8-15/h2,4-5,7-10,13,20H,3,6,11-12H2,1H3,(H,23,25). The number of amides is 1. The number of hydrogen-bond acceptors (Lipinski definition) is 3. The van der Waals surface area contributed by atoms with Gasteiger partial charge in [0.2, 0.25) is 0 Å². The van der Waals surface area contributed by atoms with Crippen LogP contribution in [0.4, 0.5) is 4.39 Å². The minimum Gasteiger partial charge on any atom is -0.330 e. The highest BCUT2D eigenvalue weighted by Crippen LogP contribution is 2.32. The monoisotopic (exact) mass is 364 g/mol. The molecule has 1 saturated heterocycles. The smallest absolute Gasteiger partial charge is 0.257 e. The van der Waals surface area contributed by atoms with Crippen LogP contribution in [0.5, 0.6) is 0 Å². The molecule has 3 heterocycles. The van der Waals surface area contributed by atoms with Crippen molar-refractivity contribution in [3.8, 4) is 0 Å². The molecule has 1 unspecified atom stereocenters. The number of H-pyrrole nitrogens is 1. The van der Waals surface area contributed by atoms with Crippen molar-refractivity contribution in [1.29, 1.82) is 0 Å². The van der Waals surface area contributed by atoms with Gasteiger partial charge in [-0.15, -0.1) is 0 Å². The quantitative estimate of drug-likeness (QED) is 0.765. The number of halogens is 1. The van der Waals surface area contributed by atoms with Crippen LogP contribution in [0.15, 0.2) is 48.7 Å². The van der Waals surface area contributed by atoms with Crippen molar-refractivity contribution in [2.45, 2.75) is 32.2 Å². The van der Waals surface area contributed by atoms with E-state index in [1.165, 1.54) is 12.1 Å². The number of carbonyl (C=O) groups excluding carboxylic acids is 1.